The van der Waals surface area contributed by atoms with Gasteiger partial charge in [0, 0.05) is 18.7 Å². The maximum Gasteiger partial charge on any atom is 0.269 e. The maximum atomic E-state index is 11.8. The molecule has 1 aromatic rings. The number of nitro groups is 1. The van der Waals surface area contributed by atoms with E-state index in [9.17, 15) is 14.9 Å². The molecule has 0 saturated carbocycles. The lowest BCUT2D eigenvalue weighted by Crippen LogP contribution is -2.33. The Bertz CT molecular complexity index is 505. The van der Waals surface area contributed by atoms with E-state index in [0.29, 0.717) is 18.0 Å². The van der Waals surface area contributed by atoms with E-state index < -0.39 is 4.92 Å². The van der Waals surface area contributed by atoms with Crippen LogP contribution in [0, 0.1) is 16.0 Å². The van der Waals surface area contributed by atoms with Crippen LogP contribution in [-0.4, -0.2) is 30.5 Å². The molecule has 1 heterocycles. The molecule has 0 spiro atoms. The average Bonchev–Trinajstić information content (AvgIpc) is 2.48. The molecule has 2 N–H and O–H groups in total. The van der Waals surface area contributed by atoms with Crippen molar-refractivity contribution >= 4 is 24.0 Å². The molecule has 22 heavy (non-hydrogen) atoms. The minimum atomic E-state index is -0.447. The summed E-state index contributed by atoms with van der Waals surface area (Å²) in [5.74, 6) is 0.552. The van der Waals surface area contributed by atoms with Crippen molar-refractivity contribution in [1.29, 1.82) is 0 Å². The number of carbonyl (C=O) groups excluding carboxylic acids is 1. The Morgan fingerprint density at radius 1 is 1.45 bits per heavy atom. The van der Waals surface area contributed by atoms with Gasteiger partial charge in [-0.15, -0.1) is 12.4 Å². The lowest BCUT2D eigenvalue weighted by Gasteiger charge is -2.22. The molecule has 0 aliphatic carbocycles. The summed E-state index contributed by atoms with van der Waals surface area (Å²) in [6, 6.07) is 6.22. The summed E-state index contributed by atoms with van der Waals surface area (Å²) in [4.78, 5) is 22.1. The third-order valence-electron chi connectivity index (χ3n) is 3.76. The third kappa shape index (κ3) is 5.99. The Balaban J connectivity index is 0.00000242. The molecule has 1 aromatic carbocycles. The number of benzene rings is 1. The van der Waals surface area contributed by atoms with Crippen LogP contribution < -0.4 is 10.6 Å². The highest BCUT2D eigenvalue weighted by Gasteiger charge is 2.13. The first-order chi connectivity index (χ1) is 10.1. The fraction of sp³-hybridized carbons (Fsp3) is 0.533. The highest BCUT2D eigenvalue weighted by Crippen LogP contribution is 2.14. The van der Waals surface area contributed by atoms with Crippen LogP contribution in [0.3, 0.4) is 0 Å². The van der Waals surface area contributed by atoms with Crippen LogP contribution in [0.1, 0.15) is 24.8 Å². The number of nitro benzene ring substituents is 1. The predicted octanol–water partition coefficient (Wildman–Crippen LogP) is 2.06. The van der Waals surface area contributed by atoms with E-state index in [1.165, 1.54) is 25.0 Å². The van der Waals surface area contributed by atoms with E-state index in [-0.39, 0.29) is 30.4 Å². The molecule has 1 atom stereocenters. The van der Waals surface area contributed by atoms with Gasteiger partial charge in [-0.05, 0) is 43.8 Å². The highest BCUT2D eigenvalue weighted by atomic mass is 35.5. The fourth-order valence-corrected chi connectivity index (χ4v) is 2.61. The van der Waals surface area contributed by atoms with Gasteiger partial charge >= 0.3 is 0 Å². The molecule has 1 unspecified atom stereocenters. The van der Waals surface area contributed by atoms with Crippen LogP contribution in [0.2, 0.25) is 0 Å². The molecule has 0 aromatic heterocycles. The van der Waals surface area contributed by atoms with Crippen molar-refractivity contribution in [1.82, 2.24) is 10.6 Å². The van der Waals surface area contributed by atoms with Gasteiger partial charge in [0.05, 0.1) is 11.3 Å². The van der Waals surface area contributed by atoms with Gasteiger partial charge in [-0.1, -0.05) is 12.1 Å². The van der Waals surface area contributed by atoms with Crippen molar-refractivity contribution in [3.05, 3.63) is 39.9 Å². The van der Waals surface area contributed by atoms with Crippen molar-refractivity contribution in [3.63, 3.8) is 0 Å². The summed E-state index contributed by atoms with van der Waals surface area (Å²) < 4.78 is 0. The number of hydrogen-bond donors (Lipinski definition) is 2. The molecule has 0 bridgehead atoms. The van der Waals surface area contributed by atoms with Crippen LogP contribution in [0.15, 0.2) is 24.3 Å². The number of nitrogens with one attached hydrogen (secondary N) is 2. The molecule has 1 amide bonds. The number of rotatable bonds is 6. The fourth-order valence-electron chi connectivity index (χ4n) is 2.61. The van der Waals surface area contributed by atoms with Crippen molar-refractivity contribution in [3.8, 4) is 0 Å². The zero-order chi connectivity index (χ0) is 15.1. The Kier molecular flexibility index (Phi) is 7.84. The number of amides is 1. The molecule has 122 valence electrons. The van der Waals surface area contributed by atoms with Gasteiger partial charge in [0.1, 0.15) is 0 Å². The molecule has 7 heteroatoms. The number of nitrogens with zero attached hydrogens (tertiary/aromatic N) is 1. The maximum absolute atomic E-state index is 11.8. The SMILES string of the molecule is Cl.O=C(Cc1cccc([N+](=O)[O-])c1)NCCC1CCCNC1. The van der Waals surface area contributed by atoms with Gasteiger partial charge in [-0.3, -0.25) is 14.9 Å². The van der Waals surface area contributed by atoms with Crippen molar-refractivity contribution in [2.75, 3.05) is 19.6 Å². The first kappa shape index (κ1) is 18.4. The monoisotopic (exact) mass is 327 g/mol. The minimum absolute atomic E-state index is 0. The van der Waals surface area contributed by atoms with Gasteiger partial charge in [0.25, 0.3) is 5.69 Å². The van der Waals surface area contributed by atoms with Crippen LogP contribution in [0.4, 0.5) is 5.69 Å². The Morgan fingerprint density at radius 2 is 2.27 bits per heavy atom. The summed E-state index contributed by atoms with van der Waals surface area (Å²) in [6.45, 7) is 2.79. The van der Waals surface area contributed by atoms with E-state index in [4.69, 9.17) is 0 Å². The lowest BCUT2D eigenvalue weighted by atomic mass is 9.96. The second kappa shape index (κ2) is 9.38. The number of halogens is 1. The Labute approximate surface area is 136 Å². The highest BCUT2D eigenvalue weighted by molar-refractivity contribution is 5.85. The zero-order valence-electron chi connectivity index (χ0n) is 12.4. The first-order valence-electron chi connectivity index (χ1n) is 7.36. The average molecular weight is 328 g/mol. The summed E-state index contributed by atoms with van der Waals surface area (Å²) >= 11 is 0. The molecular formula is C15H22ClN3O3. The molecule has 1 fully saturated rings. The number of piperidine rings is 1. The summed E-state index contributed by atoms with van der Waals surface area (Å²) in [6.07, 6.45) is 3.58. The zero-order valence-corrected chi connectivity index (χ0v) is 13.2. The molecule has 1 saturated heterocycles. The molecule has 0 radical (unpaired) electrons. The van der Waals surface area contributed by atoms with Gasteiger partial charge in [0.2, 0.25) is 5.91 Å². The van der Waals surface area contributed by atoms with Crippen LogP contribution in [-0.2, 0) is 11.2 Å². The molecule has 2 rings (SSSR count). The number of non-ortho nitro benzene ring substituents is 1. The second-order valence-corrected chi connectivity index (χ2v) is 5.45. The van der Waals surface area contributed by atoms with Crippen molar-refractivity contribution in [2.24, 2.45) is 5.92 Å². The standard InChI is InChI=1S/C15H21N3O3.ClH/c19-15(17-8-6-12-4-2-7-16-11-12)10-13-3-1-5-14(9-13)18(20)21;/h1,3,5,9,12,16H,2,4,6-8,10-11H2,(H,17,19);1H. The first-order valence-corrected chi connectivity index (χ1v) is 7.36. The molecule has 1 aliphatic heterocycles. The quantitative estimate of drug-likeness (QED) is 0.618. The van der Waals surface area contributed by atoms with E-state index in [2.05, 4.69) is 10.6 Å². The van der Waals surface area contributed by atoms with E-state index >= 15 is 0 Å². The number of carbonyl (C=O) groups is 1. The van der Waals surface area contributed by atoms with Crippen LogP contribution in [0.5, 0.6) is 0 Å². The summed E-state index contributed by atoms with van der Waals surface area (Å²) in [5.41, 5.74) is 0.689. The van der Waals surface area contributed by atoms with Crippen molar-refractivity contribution in [2.45, 2.75) is 25.7 Å². The van der Waals surface area contributed by atoms with Crippen LogP contribution in [0.25, 0.3) is 0 Å². The summed E-state index contributed by atoms with van der Waals surface area (Å²) in [7, 11) is 0. The van der Waals surface area contributed by atoms with Crippen molar-refractivity contribution < 1.29 is 9.72 Å². The topological polar surface area (TPSA) is 84.3 Å². The van der Waals surface area contributed by atoms with Crippen LogP contribution >= 0.6 is 12.4 Å². The normalized spacial score (nSPS) is 17.4. The largest absolute Gasteiger partial charge is 0.356 e. The van der Waals surface area contributed by atoms with E-state index in [1.807, 2.05) is 0 Å². The second-order valence-electron chi connectivity index (χ2n) is 5.45. The Morgan fingerprint density at radius 3 is 2.95 bits per heavy atom. The van der Waals surface area contributed by atoms with E-state index in [1.54, 1.807) is 12.1 Å². The molecular weight excluding hydrogens is 306 g/mol. The lowest BCUT2D eigenvalue weighted by molar-refractivity contribution is -0.384. The Hall–Kier alpha value is -1.66. The van der Waals surface area contributed by atoms with Gasteiger partial charge < -0.3 is 10.6 Å². The molecule has 1 aliphatic rings. The minimum Gasteiger partial charge on any atom is -0.356 e. The van der Waals surface area contributed by atoms with Gasteiger partial charge in [-0.2, -0.15) is 0 Å². The number of hydrogen-bond acceptors (Lipinski definition) is 4. The molecule has 6 nitrogen and oxygen atoms in total. The smallest absolute Gasteiger partial charge is 0.269 e. The van der Waals surface area contributed by atoms with Gasteiger partial charge in [-0.25, -0.2) is 0 Å². The van der Waals surface area contributed by atoms with E-state index in [0.717, 1.165) is 19.5 Å². The predicted molar refractivity (Wildman–Crippen MR) is 87.3 cm³/mol. The van der Waals surface area contributed by atoms with Gasteiger partial charge in [0.15, 0.2) is 0 Å². The third-order valence-corrected chi connectivity index (χ3v) is 3.76. The summed E-state index contributed by atoms with van der Waals surface area (Å²) in [5, 5.41) is 16.9.